The van der Waals surface area contributed by atoms with Crippen molar-refractivity contribution in [3.05, 3.63) is 30.0 Å². The molecule has 0 unspecified atom stereocenters. The van der Waals surface area contributed by atoms with Gasteiger partial charge in [0.25, 0.3) is 0 Å². The van der Waals surface area contributed by atoms with Gasteiger partial charge in [-0.3, -0.25) is 4.57 Å². The maximum Gasteiger partial charge on any atom is 0.345 e. The summed E-state index contributed by atoms with van der Waals surface area (Å²) in [5.41, 5.74) is 0.752. The molecular formula is C13H19N2O4P. The molecule has 1 aromatic heterocycles. The van der Waals surface area contributed by atoms with Crippen LogP contribution in [-0.4, -0.2) is 44.9 Å². The lowest BCUT2D eigenvalue weighted by Crippen LogP contribution is -2.14. The van der Waals surface area contributed by atoms with Gasteiger partial charge in [-0.1, -0.05) is 6.07 Å². The highest BCUT2D eigenvalue weighted by Crippen LogP contribution is 2.39. The fourth-order valence-corrected chi connectivity index (χ4v) is 2.79. The van der Waals surface area contributed by atoms with Gasteiger partial charge in [0.2, 0.25) is 0 Å². The summed E-state index contributed by atoms with van der Waals surface area (Å²) in [6.07, 6.45) is 0.731. The predicted octanol–water partition coefficient (Wildman–Crippen LogP) is 1.59. The maximum absolute atomic E-state index is 11.3. The molecule has 0 amide bonds. The van der Waals surface area contributed by atoms with Crippen molar-refractivity contribution in [2.75, 3.05) is 20.5 Å². The second-order valence-corrected chi connectivity index (χ2v) is 6.12. The molecule has 0 aliphatic heterocycles. The van der Waals surface area contributed by atoms with E-state index in [9.17, 15) is 19.5 Å². The molecule has 0 saturated heterocycles. The van der Waals surface area contributed by atoms with Crippen LogP contribution in [0.1, 0.15) is 13.8 Å². The lowest BCUT2D eigenvalue weighted by atomic mass is 10.1. The third kappa shape index (κ3) is 3.41. The highest BCUT2D eigenvalue weighted by atomic mass is 31.2. The SMILES string of the molecule is [2H]C([2H])([2H])N(CCc1cn(CP(=O)(O)O)c2cccc(O)c12)C([2H])([2H])[2H]. The Labute approximate surface area is 125 Å². The van der Waals surface area contributed by atoms with Crippen molar-refractivity contribution in [3.63, 3.8) is 0 Å². The summed E-state index contributed by atoms with van der Waals surface area (Å²) >= 11 is 0. The van der Waals surface area contributed by atoms with Gasteiger partial charge >= 0.3 is 7.60 Å². The Balaban J connectivity index is 2.42. The average molecular weight is 304 g/mol. The summed E-state index contributed by atoms with van der Waals surface area (Å²) in [5, 5.41) is 10.4. The molecule has 6 nitrogen and oxygen atoms in total. The minimum Gasteiger partial charge on any atom is -0.507 e. The zero-order valence-electron chi connectivity index (χ0n) is 16.5. The van der Waals surface area contributed by atoms with Crippen LogP contribution in [0.3, 0.4) is 0 Å². The molecule has 2 rings (SSSR count). The molecule has 0 aliphatic carbocycles. The Morgan fingerprint density at radius 2 is 2.15 bits per heavy atom. The molecule has 0 aliphatic rings. The van der Waals surface area contributed by atoms with E-state index in [1.807, 2.05) is 0 Å². The molecular weight excluding hydrogens is 279 g/mol. The Bertz CT molecular complexity index is 827. The summed E-state index contributed by atoms with van der Waals surface area (Å²) in [4.78, 5) is 18.8. The number of aromatic hydroxyl groups is 1. The minimum absolute atomic E-state index is 0.0426. The van der Waals surface area contributed by atoms with Gasteiger partial charge < -0.3 is 24.4 Å². The van der Waals surface area contributed by atoms with Gasteiger partial charge in [-0.05, 0) is 38.1 Å². The lowest BCUT2D eigenvalue weighted by Gasteiger charge is -2.08. The van der Waals surface area contributed by atoms with Crippen LogP contribution in [-0.2, 0) is 17.3 Å². The molecule has 0 radical (unpaired) electrons. The Kier molecular flexibility index (Phi) is 2.47. The Hall–Kier alpha value is -1.33. The van der Waals surface area contributed by atoms with E-state index in [0.717, 1.165) is 0 Å². The summed E-state index contributed by atoms with van der Waals surface area (Å²) in [6.45, 7) is -6.02. The molecule has 0 bridgehead atoms. The number of phenolic OH excluding ortho intramolecular Hbond substituents is 1. The number of nitrogens with zero attached hydrogens (tertiary/aromatic N) is 2. The molecule has 20 heavy (non-hydrogen) atoms. The number of benzene rings is 1. The first-order valence-corrected chi connectivity index (χ1v) is 7.62. The number of hydrogen-bond acceptors (Lipinski definition) is 3. The van der Waals surface area contributed by atoms with Crippen LogP contribution in [0.15, 0.2) is 24.4 Å². The lowest BCUT2D eigenvalue weighted by molar-refractivity contribution is 0.363. The second kappa shape index (κ2) is 5.58. The van der Waals surface area contributed by atoms with Crippen LogP contribution >= 0.6 is 7.60 Å². The predicted molar refractivity (Wildman–Crippen MR) is 77.9 cm³/mol. The fourth-order valence-electron chi connectivity index (χ4n) is 2.16. The van der Waals surface area contributed by atoms with Gasteiger partial charge in [0.15, 0.2) is 0 Å². The first kappa shape index (κ1) is 8.85. The number of hydrogen-bond donors (Lipinski definition) is 3. The summed E-state index contributed by atoms with van der Waals surface area (Å²) < 4.78 is 56.9. The molecule has 0 fully saturated rings. The molecule has 1 heterocycles. The van der Waals surface area contributed by atoms with E-state index < -0.39 is 27.8 Å². The summed E-state index contributed by atoms with van der Waals surface area (Å²) in [7, 11) is -4.39. The van der Waals surface area contributed by atoms with Crippen molar-refractivity contribution in [2.24, 2.45) is 0 Å². The molecule has 0 saturated carbocycles. The van der Waals surface area contributed by atoms with E-state index >= 15 is 0 Å². The normalized spacial score (nSPS) is 18.1. The molecule has 110 valence electrons. The van der Waals surface area contributed by atoms with Crippen molar-refractivity contribution in [1.29, 1.82) is 0 Å². The number of rotatable bonds is 5. The first-order valence-electron chi connectivity index (χ1n) is 8.82. The van der Waals surface area contributed by atoms with Crippen LogP contribution in [0.25, 0.3) is 10.9 Å². The quantitative estimate of drug-likeness (QED) is 0.730. The molecule has 1 aromatic carbocycles. The van der Waals surface area contributed by atoms with Gasteiger partial charge in [0, 0.05) is 26.4 Å². The van der Waals surface area contributed by atoms with Crippen LogP contribution in [0, 0.1) is 0 Å². The highest BCUT2D eigenvalue weighted by Gasteiger charge is 2.18. The zero-order chi connectivity index (χ0) is 19.9. The van der Waals surface area contributed by atoms with Crippen molar-refractivity contribution in [1.82, 2.24) is 9.47 Å². The highest BCUT2D eigenvalue weighted by molar-refractivity contribution is 7.50. The molecule has 3 N–H and O–H groups in total. The van der Waals surface area contributed by atoms with E-state index in [2.05, 4.69) is 0 Å². The van der Waals surface area contributed by atoms with Gasteiger partial charge in [-0.2, -0.15) is 0 Å². The summed E-state index contributed by atoms with van der Waals surface area (Å²) in [6, 6.07) is 4.45. The molecule has 0 spiro atoms. The van der Waals surface area contributed by atoms with Crippen molar-refractivity contribution >= 4 is 18.5 Å². The third-order valence-electron chi connectivity index (χ3n) is 2.90. The van der Waals surface area contributed by atoms with Gasteiger partial charge in [0.1, 0.15) is 12.0 Å². The van der Waals surface area contributed by atoms with Crippen molar-refractivity contribution < 1.29 is 27.7 Å². The van der Waals surface area contributed by atoms with E-state index in [1.165, 1.54) is 22.9 Å². The first-order chi connectivity index (χ1) is 11.7. The van der Waals surface area contributed by atoms with E-state index in [1.54, 1.807) is 6.07 Å². The Morgan fingerprint density at radius 3 is 2.80 bits per heavy atom. The summed E-state index contributed by atoms with van der Waals surface area (Å²) in [5.74, 6) is -0.142. The van der Waals surface area contributed by atoms with E-state index in [-0.39, 0.29) is 18.7 Å². The maximum atomic E-state index is 11.3. The van der Waals surface area contributed by atoms with E-state index in [4.69, 9.17) is 8.22 Å². The topological polar surface area (TPSA) is 85.9 Å². The van der Waals surface area contributed by atoms with E-state index in [0.29, 0.717) is 21.4 Å². The van der Waals surface area contributed by atoms with Gasteiger partial charge in [-0.15, -0.1) is 0 Å². The van der Waals surface area contributed by atoms with Gasteiger partial charge in [-0.25, -0.2) is 0 Å². The Morgan fingerprint density at radius 1 is 1.40 bits per heavy atom. The number of aromatic nitrogens is 1. The number of likely N-dealkylation sites (N-methyl/N-ethyl adjacent to an activating group) is 1. The molecule has 7 heteroatoms. The minimum atomic E-state index is -4.39. The second-order valence-electron chi connectivity index (χ2n) is 4.50. The largest absolute Gasteiger partial charge is 0.507 e. The smallest absolute Gasteiger partial charge is 0.345 e. The molecule has 0 atom stereocenters. The van der Waals surface area contributed by atoms with Crippen LogP contribution in [0.2, 0.25) is 0 Å². The van der Waals surface area contributed by atoms with Crippen molar-refractivity contribution in [2.45, 2.75) is 12.7 Å². The molecule has 2 aromatic rings. The monoisotopic (exact) mass is 304 g/mol. The number of phenols is 1. The fraction of sp³-hybridized carbons (Fsp3) is 0.385. The van der Waals surface area contributed by atoms with Gasteiger partial charge in [0.05, 0.1) is 5.52 Å². The van der Waals surface area contributed by atoms with Crippen LogP contribution in [0.5, 0.6) is 5.75 Å². The zero-order valence-corrected chi connectivity index (χ0v) is 11.4. The average Bonchev–Trinajstić information content (AvgIpc) is 2.73. The van der Waals surface area contributed by atoms with Crippen molar-refractivity contribution in [3.8, 4) is 5.75 Å². The van der Waals surface area contributed by atoms with Crippen LogP contribution in [0.4, 0.5) is 0 Å². The standard InChI is InChI=1S/C13H19N2O4P/c1-14(2)7-6-10-8-15(9-20(17,18)19)11-4-3-5-12(16)13(10)11/h3-5,8,16H,6-7,9H2,1-2H3,(H2,17,18,19)/i1D3,2D3. The van der Waals surface area contributed by atoms with Crippen LogP contribution < -0.4 is 0 Å². The third-order valence-corrected chi connectivity index (χ3v) is 3.58. The number of fused-ring (bicyclic) bond motifs is 1.